The van der Waals surface area contributed by atoms with Crippen molar-refractivity contribution < 1.29 is 14.3 Å². The van der Waals surface area contributed by atoms with E-state index in [9.17, 15) is 4.79 Å². The minimum atomic E-state index is -0.0625. The van der Waals surface area contributed by atoms with Gasteiger partial charge in [0.05, 0.1) is 20.1 Å². The minimum Gasteiger partial charge on any atom is -0.493 e. The highest BCUT2D eigenvalue weighted by Gasteiger charge is 2.60. The minimum absolute atomic E-state index is 0.0414. The summed E-state index contributed by atoms with van der Waals surface area (Å²) in [6, 6.07) is 5.36. The molecule has 2 unspecified atom stereocenters. The molecule has 1 aliphatic rings. The Kier molecular flexibility index (Phi) is 5.72. The lowest BCUT2D eigenvalue weighted by Crippen LogP contribution is -2.36. The number of carbonyl (C=O) groups is 1. The van der Waals surface area contributed by atoms with Crippen molar-refractivity contribution in [2.75, 3.05) is 19.5 Å². The van der Waals surface area contributed by atoms with Gasteiger partial charge in [0.2, 0.25) is 5.91 Å². The molecule has 6 heteroatoms. The predicted octanol–water partition coefficient (Wildman–Crippen LogP) is 3.76. The molecule has 1 aromatic carbocycles. The molecular weight excluding hydrogens is 336 g/mol. The Morgan fingerprint density at radius 3 is 2.40 bits per heavy atom. The van der Waals surface area contributed by atoms with Crippen LogP contribution in [0.15, 0.2) is 29.8 Å². The zero-order valence-corrected chi connectivity index (χ0v) is 16.4. The first-order valence-electron chi connectivity index (χ1n) is 8.19. The molecule has 0 heterocycles. The van der Waals surface area contributed by atoms with Crippen molar-refractivity contribution in [3.8, 4) is 11.5 Å². The lowest BCUT2D eigenvalue weighted by atomic mass is 10.1. The second-order valence-electron chi connectivity index (χ2n) is 7.08. The third-order valence-corrected chi connectivity index (χ3v) is 4.79. The summed E-state index contributed by atoms with van der Waals surface area (Å²) in [5, 5.41) is 6.08. The van der Waals surface area contributed by atoms with Crippen LogP contribution < -0.4 is 20.1 Å². The molecule has 0 aromatic heterocycles. The topological polar surface area (TPSA) is 59.6 Å². The van der Waals surface area contributed by atoms with E-state index in [0.29, 0.717) is 11.5 Å². The van der Waals surface area contributed by atoms with E-state index in [2.05, 4.69) is 30.6 Å². The summed E-state index contributed by atoms with van der Waals surface area (Å²) in [5.41, 5.74) is 1.90. The first-order valence-corrected chi connectivity index (χ1v) is 8.60. The Morgan fingerprint density at radius 1 is 1.20 bits per heavy atom. The lowest BCUT2D eigenvalue weighted by Gasteiger charge is -2.13. The number of nitrogens with one attached hydrogen (secondary N) is 2. The summed E-state index contributed by atoms with van der Waals surface area (Å²) in [5.74, 6) is 1.36. The van der Waals surface area contributed by atoms with Crippen LogP contribution in [0.4, 0.5) is 5.69 Å². The molecule has 2 N–H and O–H groups in total. The van der Waals surface area contributed by atoms with Crippen LogP contribution >= 0.6 is 12.2 Å². The molecule has 1 saturated carbocycles. The summed E-state index contributed by atoms with van der Waals surface area (Å²) in [6.45, 7) is 8.30. The molecule has 0 saturated heterocycles. The van der Waals surface area contributed by atoms with Crippen LogP contribution in [0.3, 0.4) is 0 Å². The third kappa shape index (κ3) is 4.31. The molecule has 0 bridgehead atoms. The summed E-state index contributed by atoms with van der Waals surface area (Å²) in [6.07, 6.45) is 2.16. The number of ether oxygens (including phenoxy) is 2. The van der Waals surface area contributed by atoms with Gasteiger partial charge >= 0.3 is 0 Å². The lowest BCUT2D eigenvalue weighted by molar-refractivity contribution is -0.121. The molecule has 5 nitrogen and oxygen atoms in total. The number of carbonyl (C=O) groups excluding carboxylic acids is 1. The van der Waals surface area contributed by atoms with Gasteiger partial charge in [-0.05, 0) is 49.5 Å². The van der Waals surface area contributed by atoms with Gasteiger partial charge < -0.3 is 20.1 Å². The van der Waals surface area contributed by atoms with E-state index in [1.165, 1.54) is 5.57 Å². The smallest absolute Gasteiger partial charge is 0.230 e. The fraction of sp³-hybridized carbons (Fsp3) is 0.474. The van der Waals surface area contributed by atoms with Crippen LogP contribution in [-0.2, 0) is 4.79 Å². The van der Waals surface area contributed by atoms with Crippen molar-refractivity contribution in [2.45, 2.75) is 27.7 Å². The van der Waals surface area contributed by atoms with Crippen LogP contribution in [0.2, 0.25) is 0 Å². The monoisotopic (exact) mass is 362 g/mol. The van der Waals surface area contributed by atoms with E-state index >= 15 is 0 Å². The molecule has 0 radical (unpaired) electrons. The van der Waals surface area contributed by atoms with Crippen molar-refractivity contribution in [1.29, 1.82) is 0 Å². The van der Waals surface area contributed by atoms with Crippen LogP contribution in [-0.4, -0.2) is 25.2 Å². The molecule has 25 heavy (non-hydrogen) atoms. The first-order chi connectivity index (χ1) is 11.7. The summed E-state index contributed by atoms with van der Waals surface area (Å²) in [4.78, 5) is 12.5. The maximum atomic E-state index is 12.5. The number of hydrogen-bond acceptors (Lipinski definition) is 4. The Hall–Kier alpha value is -2.08. The number of anilines is 1. The van der Waals surface area contributed by atoms with Crippen LogP contribution in [0.25, 0.3) is 0 Å². The van der Waals surface area contributed by atoms with Crippen molar-refractivity contribution in [3.05, 3.63) is 29.8 Å². The van der Waals surface area contributed by atoms with Crippen molar-refractivity contribution >= 4 is 28.9 Å². The molecule has 1 amide bonds. The Labute approximate surface area is 154 Å². The predicted molar refractivity (Wildman–Crippen MR) is 104 cm³/mol. The number of thiocarbonyl (C=S) groups is 1. The fourth-order valence-corrected chi connectivity index (χ4v) is 3.33. The third-order valence-electron chi connectivity index (χ3n) is 4.58. The maximum absolute atomic E-state index is 12.5. The number of methoxy groups -OCH3 is 2. The zero-order valence-electron chi connectivity index (χ0n) is 15.6. The van der Waals surface area contributed by atoms with E-state index in [1.807, 2.05) is 19.9 Å². The standard InChI is InChI=1S/C19H26N2O3S/c1-11(2)9-13-16(19(13,3)4)17(22)21-18(25)20-12-7-8-14(23-5)15(10-12)24-6/h7-10,13,16H,1-6H3,(H2,20,21,22,25). The van der Waals surface area contributed by atoms with E-state index in [1.54, 1.807) is 26.4 Å². The van der Waals surface area contributed by atoms with Gasteiger partial charge in [0, 0.05) is 11.8 Å². The molecule has 136 valence electrons. The van der Waals surface area contributed by atoms with Crippen molar-refractivity contribution in [3.63, 3.8) is 0 Å². The zero-order chi connectivity index (χ0) is 18.8. The molecule has 2 rings (SSSR count). The second-order valence-corrected chi connectivity index (χ2v) is 7.49. The first kappa shape index (κ1) is 19.2. The van der Waals surface area contributed by atoms with E-state index in [-0.39, 0.29) is 28.3 Å². The van der Waals surface area contributed by atoms with Crippen LogP contribution in [0.5, 0.6) is 11.5 Å². The van der Waals surface area contributed by atoms with Gasteiger partial charge in [0.25, 0.3) is 0 Å². The Morgan fingerprint density at radius 2 is 1.84 bits per heavy atom. The van der Waals surface area contributed by atoms with Gasteiger partial charge in [-0.3, -0.25) is 4.79 Å². The number of allylic oxidation sites excluding steroid dienone is 2. The van der Waals surface area contributed by atoms with Crippen molar-refractivity contribution in [1.82, 2.24) is 5.32 Å². The molecule has 0 aliphatic heterocycles. The highest BCUT2D eigenvalue weighted by molar-refractivity contribution is 7.80. The average Bonchev–Trinajstić information content (AvgIpc) is 3.06. The second kappa shape index (κ2) is 7.44. The van der Waals surface area contributed by atoms with Crippen LogP contribution in [0, 0.1) is 17.3 Å². The summed E-state index contributed by atoms with van der Waals surface area (Å²) < 4.78 is 10.5. The van der Waals surface area contributed by atoms with Gasteiger partial charge in [0.15, 0.2) is 16.6 Å². The summed E-state index contributed by atoms with van der Waals surface area (Å²) in [7, 11) is 3.15. The normalized spacial score (nSPS) is 20.2. The molecule has 1 aromatic rings. The van der Waals surface area contributed by atoms with Gasteiger partial charge in [-0.1, -0.05) is 25.5 Å². The van der Waals surface area contributed by atoms with E-state index in [0.717, 1.165) is 5.69 Å². The van der Waals surface area contributed by atoms with Gasteiger partial charge in [-0.25, -0.2) is 0 Å². The SMILES string of the molecule is COc1ccc(NC(=S)NC(=O)C2C(C=C(C)C)C2(C)C)cc1OC. The maximum Gasteiger partial charge on any atom is 0.230 e. The average molecular weight is 362 g/mol. The van der Waals surface area contributed by atoms with Gasteiger partial charge in [-0.2, -0.15) is 0 Å². The number of amides is 1. The number of benzene rings is 1. The quantitative estimate of drug-likeness (QED) is 0.617. The number of hydrogen-bond donors (Lipinski definition) is 2. The highest BCUT2D eigenvalue weighted by atomic mass is 32.1. The van der Waals surface area contributed by atoms with Gasteiger partial charge in [-0.15, -0.1) is 0 Å². The van der Waals surface area contributed by atoms with E-state index < -0.39 is 0 Å². The molecule has 1 aliphatic carbocycles. The molecule has 1 fully saturated rings. The van der Waals surface area contributed by atoms with Crippen LogP contribution in [0.1, 0.15) is 27.7 Å². The molecule has 2 atom stereocenters. The highest BCUT2D eigenvalue weighted by Crippen LogP contribution is 2.59. The fourth-order valence-electron chi connectivity index (χ4n) is 3.11. The largest absolute Gasteiger partial charge is 0.493 e. The molecule has 0 spiro atoms. The van der Waals surface area contributed by atoms with E-state index in [4.69, 9.17) is 21.7 Å². The van der Waals surface area contributed by atoms with Gasteiger partial charge in [0.1, 0.15) is 0 Å². The van der Waals surface area contributed by atoms with Crippen molar-refractivity contribution in [2.24, 2.45) is 17.3 Å². The number of rotatable bonds is 5. The Balaban J connectivity index is 1.99. The Bertz CT molecular complexity index is 709. The molecular formula is C19H26N2O3S. The summed E-state index contributed by atoms with van der Waals surface area (Å²) >= 11 is 5.27.